The zero-order valence-corrected chi connectivity index (χ0v) is 10.7. The largest absolute Gasteiger partial charge is 0.469 e. The Bertz CT molecular complexity index is 245. The van der Waals surface area contributed by atoms with Crippen LogP contribution in [0, 0.1) is 5.92 Å². The molecular weight excluding hydrogens is 206 g/mol. The Morgan fingerprint density at radius 2 is 1.81 bits per heavy atom. The van der Waals surface area contributed by atoms with Gasteiger partial charge in [0.1, 0.15) is 0 Å². The summed E-state index contributed by atoms with van der Waals surface area (Å²) < 4.78 is 4.69. The van der Waals surface area contributed by atoms with Crippen molar-refractivity contribution in [1.29, 1.82) is 0 Å². The molecule has 4 heteroatoms. The summed E-state index contributed by atoms with van der Waals surface area (Å²) in [6.07, 6.45) is 1.28. The van der Waals surface area contributed by atoms with E-state index in [4.69, 9.17) is 4.74 Å². The second kappa shape index (κ2) is 5.15. The van der Waals surface area contributed by atoms with Crippen LogP contribution in [0.3, 0.4) is 0 Å². The van der Waals surface area contributed by atoms with Gasteiger partial charge in [0.2, 0.25) is 0 Å². The van der Waals surface area contributed by atoms with Crippen LogP contribution < -0.4 is 0 Å². The molecule has 16 heavy (non-hydrogen) atoms. The average Bonchev–Trinajstić information content (AvgIpc) is 2.27. The van der Waals surface area contributed by atoms with Gasteiger partial charge in [0, 0.05) is 19.1 Å². The molecule has 0 aromatic heterocycles. The van der Waals surface area contributed by atoms with Gasteiger partial charge in [-0.05, 0) is 33.6 Å². The van der Waals surface area contributed by atoms with E-state index in [2.05, 4.69) is 18.7 Å². The fourth-order valence-electron chi connectivity index (χ4n) is 2.26. The second-order valence-electron chi connectivity index (χ2n) is 4.98. The molecule has 94 valence electrons. The van der Waals surface area contributed by atoms with Crippen LogP contribution in [0.25, 0.3) is 0 Å². The molecule has 1 rings (SSSR count). The Labute approximate surface area is 97.6 Å². The van der Waals surface area contributed by atoms with Gasteiger partial charge in [0.05, 0.1) is 18.6 Å². The quantitative estimate of drug-likeness (QED) is 0.734. The first-order chi connectivity index (χ1) is 7.40. The van der Waals surface area contributed by atoms with E-state index in [9.17, 15) is 9.90 Å². The first kappa shape index (κ1) is 13.5. The van der Waals surface area contributed by atoms with Crippen molar-refractivity contribution < 1.29 is 14.6 Å². The van der Waals surface area contributed by atoms with Crippen molar-refractivity contribution in [3.05, 3.63) is 0 Å². The molecule has 4 nitrogen and oxygen atoms in total. The SMILES string of the molecule is COC(=O)C(C)C1(O)CCN(C(C)C)CC1. The highest BCUT2D eigenvalue weighted by Gasteiger charge is 2.41. The molecule has 1 unspecified atom stereocenters. The summed E-state index contributed by atoms with van der Waals surface area (Å²) in [4.78, 5) is 13.8. The Morgan fingerprint density at radius 1 is 1.31 bits per heavy atom. The number of carbonyl (C=O) groups is 1. The van der Waals surface area contributed by atoms with Gasteiger partial charge in [0.15, 0.2) is 0 Å². The lowest BCUT2D eigenvalue weighted by molar-refractivity contribution is -0.158. The molecule has 1 N–H and O–H groups in total. The van der Waals surface area contributed by atoms with Crippen molar-refractivity contribution in [3.63, 3.8) is 0 Å². The zero-order valence-electron chi connectivity index (χ0n) is 10.7. The molecule has 0 aromatic rings. The molecule has 1 heterocycles. The number of carbonyl (C=O) groups excluding carboxylic acids is 1. The molecule has 0 saturated carbocycles. The summed E-state index contributed by atoms with van der Waals surface area (Å²) in [6.45, 7) is 7.73. The number of esters is 1. The number of rotatable bonds is 3. The lowest BCUT2D eigenvalue weighted by Crippen LogP contribution is -2.51. The van der Waals surface area contributed by atoms with Crippen LogP contribution in [0.4, 0.5) is 0 Å². The number of nitrogens with zero attached hydrogens (tertiary/aromatic N) is 1. The minimum atomic E-state index is -0.890. The molecule has 0 aromatic carbocycles. The third-order valence-electron chi connectivity index (χ3n) is 3.75. The van der Waals surface area contributed by atoms with Crippen LogP contribution in [-0.2, 0) is 9.53 Å². The fourth-order valence-corrected chi connectivity index (χ4v) is 2.26. The topological polar surface area (TPSA) is 49.8 Å². The third kappa shape index (κ3) is 2.74. The van der Waals surface area contributed by atoms with E-state index in [0.29, 0.717) is 18.9 Å². The minimum absolute atomic E-state index is 0.319. The van der Waals surface area contributed by atoms with Crippen LogP contribution in [0.15, 0.2) is 0 Å². The van der Waals surface area contributed by atoms with Crippen LogP contribution >= 0.6 is 0 Å². The van der Waals surface area contributed by atoms with Crippen molar-refractivity contribution >= 4 is 5.97 Å². The van der Waals surface area contributed by atoms with E-state index in [1.165, 1.54) is 7.11 Å². The van der Waals surface area contributed by atoms with Crippen LogP contribution in [-0.4, -0.2) is 47.8 Å². The standard InChI is InChI=1S/C12H23NO3/c1-9(2)13-7-5-12(15,6-8-13)10(3)11(14)16-4/h9-10,15H,5-8H2,1-4H3. The van der Waals surface area contributed by atoms with Crippen molar-refractivity contribution in [3.8, 4) is 0 Å². The molecule has 0 amide bonds. The number of methoxy groups -OCH3 is 1. The van der Waals surface area contributed by atoms with Crippen molar-refractivity contribution in [2.75, 3.05) is 20.2 Å². The number of likely N-dealkylation sites (tertiary alicyclic amines) is 1. The minimum Gasteiger partial charge on any atom is -0.469 e. The summed E-state index contributed by atoms with van der Waals surface area (Å²) in [5.41, 5.74) is -0.890. The monoisotopic (exact) mass is 229 g/mol. The predicted octanol–water partition coefficient (Wildman–Crippen LogP) is 1.03. The molecule has 0 spiro atoms. The zero-order chi connectivity index (χ0) is 12.3. The van der Waals surface area contributed by atoms with Crippen molar-refractivity contribution in [1.82, 2.24) is 4.90 Å². The predicted molar refractivity (Wildman–Crippen MR) is 62.1 cm³/mol. The molecule has 1 fully saturated rings. The number of aliphatic hydroxyl groups is 1. The lowest BCUT2D eigenvalue weighted by Gasteiger charge is -2.42. The highest BCUT2D eigenvalue weighted by molar-refractivity contribution is 5.73. The number of hydrogen-bond acceptors (Lipinski definition) is 4. The lowest BCUT2D eigenvalue weighted by atomic mass is 9.80. The summed E-state index contributed by atoms with van der Waals surface area (Å²) in [5, 5.41) is 10.4. The number of piperidine rings is 1. The molecule has 1 atom stereocenters. The van der Waals surface area contributed by atoms with E-state index in [1.54, 1.807) is 6.92 Å². The Balaban J connectivity index is 2.59. The van der Waals surface area contributed by atoms with E-state index < -0.39 is 11.5 Å². The maximum atomic E-state index is 11.4. The first-order valence-corrected chi connectivity index (χ1v) is 5.95. The molecular formula is C12H23NO3. The summed E-state index contributed by atoms with van der Waals surface area (Å²) in [7, 11) is 1.37. The van der Waals surface area contributed by atoms with Gasteiger partial charge in [-0.25, -0.2) is 0 Å². The number of ether oxygens (including phenoxy) is 1. The Kier molecular flexibility index (Phi) is 4.33. The highest BCUT2D eigenvalue weighted by Crippen LogP contribution is 2.31. The normalized spacial score (nSPS) is 23.1. The Morgan fingerprint density at radius 3 is 2.19 bits per heavy atom. The van der Waals surface area contributed by atoms with Crippen molar-refractivity contribution in [2.24, 2.45) is 5.92 Å². The summed E-state index contributed by atoms with van der Waals surface area (Å²) in [5.74, 6) is -0.757. The van der Waals surface area contributed by atoms with E-state index >= 15 is 0 Å². The first-order valence-electron chi connectivity index (χ1n) is 5.95. The van der Waals surface area contributed by atoms with Gasteiger partial charge in [-0.1, -0.05) is 0 Å². The summed E-state index contributed by atoms with van der Waals surface area (Å²) >= 11 is 0. The van der Waals surface area contributed by atoms with Gasteiger partial charge >= 0.3 is 5.97 Å². The fraction of sp³-hybridized carbons (Fsp3) is 0.917. The van der Waals surface area contributed by atoms with Gasteiger partial charge in [0.25, 0.3) is 0 Å². The third-order valence-corrected chi connectivity index (χ3v) is 3.75. The Hall–Kier alpha value is -0.610. The molecule has 1 saturated heterocycles. The van der Waals surface area contributed by atoms with Gasteiger partial charge < -0.3 is 14.7 Å². The maximum Gasteiger partial charge on any atom is 0.311 e. The van der Waals surface area contributed by atoms with Crippen LogP contribution in [0.5, 0.6) is 0 Å². The molecule has 0 radical (unpaired) electrons. The molecule has 0 aliphatic carbocycles. The van der Waals surface area contributed by atoms with Gasteiger partial charge in [-0.3, -0.25) is 4.79 Å². The van der Waals surface area contributed by atoms with E-state index in [1.807, 2.05) is 0 Å². The maximum absolute atomic E-state index is 11.4. The van der Waals surface area contributed by atoms with Crippen LogP contribution in [0.1, 0.15) is 33.6 Å². The van der Waals surface area contributed by atoms with E-state index in [-0.39, 0.29) is 5.97 Å². The van der Waals surface area contributed by atoms with Crippen molar-refractivity contribution in [2.45, 2.75) is 45.3 Å². The average molecular weight is 229 g/mol. The highest BCUT2D eigenvalue weighted by atomic mass is 16.5. The van der Waals surface area contributed by atoms with Gasteiger partial charge in [-0.15, -0.1) is 0 Å². The van der Waals surface area contributed by atoms with Gasteiger partial charge in [-0.2, -0.15) is 0 Å². The molecule has 0 bridgehead atoms. The number of hydrogen-bond donors (Lipinski definition) is 1. The summed E-state index contributed by atoms with van der Waals surface area (Å²) in [6, 6.07) is 0.498. The smallest absolute Gasteiger partial charge is 0.311 e. The molecule has 1 aliphatic rings. The van der Waals surface area contributed by atoms with Crippen LogP contribution in [0.2, 0.25) is 0 Å². The second-order valence-corrected chi connectivity index (χ2v) is 4.98. The van der Waals surface area contributed by atoms with E-state index in [0.717, 1.165) is 13.1 Å². The molecule has 1 aliphatic heterocycles.